The van der Waals surface area contributed by atoms with Gasteiger partial charge in [0.2, 0.25) is 0 Å². The van der Waals surface area contributed by atoms with Crippen LogP contribution in [0, 0.1) is 0 Å². The zero-order valence-electron chi connectivity index (χ0n) is 35.3. The SMILES string of the molecule is CCCCCCCCCCCCCCCCCCC(=O)OC(COC(=O)CCCCCCCCCCCCCCCCC)COP(=O)(O)OCC(N)C(=O)O. The minimum atomic E-state index is -4.71. The van der Waals surface area contributed by atoms with Gasteiger partial charge in [-0.3, -0.25) is 23.4 Å². The fourth-order valence-corrected chi connectivity index (χ4v) is 7.32. The number of aliphatic carboxylic acids is 1. The number of ether oxygens (including phenoxy) is 2. The molecule has 55 heavy (non-hydrogen) atoms. The first-order chi connectivity index (χ1) is 26.6. The first-order valence-corrected chi connectivity index (χ1v) is 24.1. The van der Waals surface area contributed by atoms with Crippen LogP contribution in [0.3, 0.4) is 0 Å². The van der Waals surface area contributed by atoms with Crippen LogP contribution in [0.2, 0.25) is 0 Å². The highest BCUT2D eigenvalue weighted by atomic mass is 31.2. The summed E-state index contributed by atoms with van der Waals surface area (Å²) in [7, 11) is -4.71. The van der Waals surface area contributed by atoms with E-state index in [9.17, 15) is 23.8 Å². The number of esters is 2. The Morgan fingerprint density at radius 2 is 0.800 bits per heavy atom. The molecule has 0 aliphatic carbocycles. The van der Waals surface area contributed by atoms with Crippen molar-refractivity contribution in [2.24, 2.45) is 5.73 Å². The summed E-state index contributed by atoms with van der Waals surface area (Å²) < 4.78 is 32.7. The quantitative estimate of drug-likeness (QED) is 0.0304. The number of hydrogen-bond acceptors (Lipinski definition) is 9. The number of phosphoric acid groups is 1. The van der Waals surface area contributed by atoms with Gasteiger partial charge >= 0.3 is 25.7 Å². The summed E-state index contributed by atoms with van der Waals surface area (Å²) in [5.74, 6) is -2.36. The van der Waals surface area contributed by atoms with Crippen LogP contribution >= 0.6 is 7.82 Å². The maximum atomic E-state index is 12.6. The third-order valence-corrected chi connectivity index (χ3v) is 11.1. The van der Waals surface area contributed by atoms with Crippen molar-refractivity contribution in [3.63, 3.8) is 0 Å². The van der Waals surface area contributed by atoms with E-state index in [0.29, 0.717) is 12.8 Å². The van der Waals surface area contributed by atoms with Crippen LogP contribution in [0.25, 0.3) is 0 Å². The van der Waals surface area contributed by atoms with Gasteiger partial charge in [-0.2, -0.15) is 0 Å². The molecule has 12 heteroatoms. The highest BCUT2D eigenvalue weighted by Crippen LogP contribution is 2.43. The van der Waals surface area contributed by atoms with Crippen molar-refractivity contribution in [1.29, 1.82) is 0 Å². The molecule has 0 aliphatic rings. The Morgan fingerprint density at radius 3 is 1.15 bits per heavy atom. The molecule has 0 fully saturated rings. The van der Waals surface area contributed by atoms with Crippen molar-refractivity contribution in [2.45, 2.75) is 238 Å². The van der Waals surface area contributed by atoms with Crippen LogP contribution < -0.4 is 5.73 Å². The minimum Gasteiger partial charge on any atom is -0.480 e. The second-order valence-electron chi connectivity index (χ2n) is 15.6. The molecule has 3 unspecified atom stereocenters. The molecule has 0 heterocycles. The van der Waals surface area contributed by atoms with Crippen molar-refractivity contribution < 1.29 is 47.5 Å². The molecule has 11 nitrogen and oxygen atoms in total. The van der Waals surface area contributed by atoms with Gasteiger partial charge in [-0.25, -0.2) is 4.57 Å². The van der Waals surface area contributed by atoms with Gasteiger partial charge in [0.05, 0.1) is 13.2 Å². The van der Waals surface area contributed by atoms with E-state index in [1.54, 1.807) is 0 Å². The van der Waals surface area contributed by atoms with Crippen molar-refractivity contribution in [3.05, 3.63) is 0 Å². The average molecular weight is 806 g/mol. The number of hydrogen-bond donors (Lipinski definition) is 3. The van der Waals surface area contributed by atoms with E-state index in [4.69, 9.17) is 24.8 Å². The Labute approximate surface area is 335 Å². The summed E-state index contributed by atoms with van der Waals surface area (Å²) >= 11 is 0. The van der Waals surface area contributed by atoms with Gasteiger partial charge in [0.1, 0.15) is 12.6 Å². The third kappa shape index (κ3) is 39.1. The lowest BCUT2D eigenvalue weighted by Crippen LogP contribution is -2.34. The molecule has 0 radical (unpaired) electrons. The molecule has 0 aliphatic heterocycles. The predicted molar refractivity (Wildman–Crippen MR) is 222 cm³/mol. The molecular weight excluding hydrogens is 721 g/mol. The topological polar surface area (TPSA) is 172 Å². The van der Waals surface area contributed by atoms with Gasteiger partial charge in [0.15, 0.2) is 6.10 Å². The highest BCUT2D eigenvalue weighted by Gasteiger charge is 2.28. The second kappa shape index (κ2) is 39.3. The highest BCUT2D eigenvalue weighted by molar-refractivity contribution is 7.47. The summed E-state index contributed by atoms with van der Waals surface area (Å²) in [6.07, 6.45) is 37.3. The molecule has 0 bridgehead atoms. The number of carboxylic acids is 1. The zero-order chi connectivity index (χ0) is 40.7. The lowest BCUT2D eigenvalue weighted by atomic mass is 10.0. The van der Waals surface area contributed by atoms with Crippen LogP contribution in [0.15, 0.2) is 0 Å². The minimum absolute atomic E-state index is 0.169. The first-order valence-electron chi connectivity index (χ1n) is 22.6. The van der Waals surface area contributed by atoms with Gasteiger partial charge in [0.25, 0.3) is 0 Å². The predicted octanol–water partition coefficient (Wildman–Crippen LogP) is 11.9. The largest absolute Gasteiger partial charge is 0.480 e. The number of rotatable bonds is 43. The maximum Gasteiger partial charge on any atom is 0.472 e. The molecule has 3 atom stereocenters. The molecule has 0 saturated heterocycles. The number of phosphoric ester groups is 1. The second-order valence-corrected chi connectivity index (χ2v) is 17.0. The molecule has 0 amide bonds. The summed E-state index contributed by atoms with van der Waals surface area (Å²) in [5.41, 5.74) is 5.34. The van der Waals surface area contributed by atoms with Crippen LogP contribution in [0.4, 0.5) is 0 Å². The molecule has 0 aromatic carbocycles. The van der Waals surface area contributed by atoms with Crippen molar-refractivity contribution in [3.8, 4) is 0 Å². The smallest absolute Gasteiger partial charge is 0.472 e. The lowest BCUT2D eigenvalue weighted by molar-refractivity contribution is -0.161. The number of nitrogens with two attached hydrogens (primary N) is 1. The molecule has 0 rings (SSSR count). The van der Waals surface area contributed by atoms with Gasteiger partial charge in [-0.15, -0.1) is 0 Å². The van der Waals surface area contributed by atoms with Crippen molar-refractivity contribution in [1.82, 2.24) is 0 Å². The van der Waals surface area contributed by atoms with Crippen LogP contribution in [-0.2, 0) is 37.5 Å². The van der Waals surface area contributed by atoms with Crippen molar-refractivity contribution in [2.75, 3.05) is 19.8 Å². The summed E-state index contributed by atoms with van der Waals surface area (Å²) in [5, 5.41) is 8.89. The van der Waals surface area contributed by atoms with E-state index in [1.807, 2.05) is 0 Å². The number of carboxylic acid groups (broad SMARTS) is 1. The van der Waals surface area contributed by atoms with E-state index in [0.717, 1.165) is 38.5 Å². The Hall–Kier alpha value is -1.52. The molecule has 4 N–H and O–H groups in total. The first kappa shape index (κ1) is 53.5. The van der Waals surface area contributed by atoms with E-state index >= 15 is 0 Å². The Balaban J connectivity index is 4.29. The standard InChI is InChI=1S/C43H84NO10P/c1-3-5-7-9-11-13-15-17-19-21-23-25-27-29-31-33-35-42(46)54-39(37-52-55(49,50)53-38-40(44)43(47)48)36-51-41(45)34-32-30-28-26-24-22-20-18-16-14-12-10-8-6-4-2/h39-40H,3-38,44H2,1-2H3,(H,47,48)(H,49,50). The van der Waals surface area contributed by atoms with Crippen LogP contribution in [-0.4, -0.2) is 59.9 Å². The Kier molecular flexibility index (Phi) is 38.2. The normalized spacial score (nSPS) is 13.7. The molecule has 0 aromatic rings. The summed E-state index contributed by atoms with van der Waals surface area (Å²) in [6, 6.07) is -1.52. The average Bonchev–Trinajstić information content (AvgIpc) is 3.16. The van der Waals surface area contributed by atoms with Gasteiger partial charge in [-0.05, 0) is 12.8 Å². The molecule has 0 saturated carbocycles. The number of unbranched alkanes of at least 4 members (excludes halogenated alkanes) is 29. The number of carbonyl (C=O) groups excluding carboxylic acids is 2. The molecular formula is C43H84NO10P. The van der Waals surface area contributed by atoms with Gasteiger partial charge in [-0.1, -0.05) is 200 Å². The fraction of sp³-hybridized carbons (Fsp3) is 0.930. The number of carbonyl (C=O) groups is 3. The van der Waals surface area contributed by atoms with E-state index in [-0.39, 0.29) is 19.4 Å². The maximum absolute atomic E-state index is 12.6. The monoisotopic (exact) mass is 806 g/mol. The van der Waals surface area contributed by atoms with Crippen LogP contribution in [0.1, 0.15) is 226 Å². The lowest BCUT2D eigenvalue weighted by Gasteiger charge is -2.20. The van der Waals surface area contributed by atoms with E-state index < -0.39 is 51.1 Å². The fourth-order valence-electron chi connectivity index (χ4n) is 6.54. The van der Waals surface area contributed by atoms with E-state index in [2.05, 4.69) is 18.4 Å². The van der Waals surface area contributed by atoms with Crippen LogP contribution in [0.5, 0.6) is 0 Å². The molecule has 326 valence electrons. The zero-order valence-corrected chi connectivity index (χ0v) is 36.2. The summed E-state index contributed by atoms with van der Waals surface area (Å²) in [4.78, 5) is 46.0. The third-order valence-electron chi connectivity index (χ3n) is 10.1. The van der Waals surface area contributed by atoms with Crippen molar-refractivity contribution >= 4 is 25.7 Å². The Bertz CT molecular complexity index is 952. The van der Waals surface area contributed by atoms with Gasteiger partial charge < -0.3 is 25.2 Å². The van der Waals surface area contributed by atoms with Gasteiger partial charge in [0, 0.05) is 12.8 Å². The summed E-state index contributed by atoms with van der Waals surface area (Å²) in [6.45, 7) is 2.84. The molecule has 0 aromatic heterocycles. The Morgan fingerprint density at radius 1 is 0.491 bits per heavy atom. The molecule has 0 spiro atoms. The van der Waals surface area contributed by atoms with E-state index in [1.165, 1.54) is 148 Å².